The molecule has 1 aliphatic heterocycles. The number of carboxylic acid groups (broad SMARTS) is 1. The van der Waals surface area contributed by atoms with E-state index in [4.69, 9.17) is 0 Å². The summed E-state index contributed by atoms with van der Waals surface area (Å²) in [6.07, 6.45) is 5.08. The molecule has 1 fully saturated rings. The molecule has 1 unspecified atom stereocenters. The van der Waals surface area contributed by atoms with Gasteiger partial charge in [-0.2, -0.15) is 0 Å². The molecule has 1 aromatic carbocycles. The molecule has 1 aliphatic rings. The maximum absolute atomic E-state index is 11.3. The fourth-order valence-corrected chi connectivity index (χ4v) is 3.37. The van der Waals surface area contributed by atoms with Crippen LogP contribution in [0.3, 0.4) is 0 Å². The second-order valence-corrected chi connectivity index (χ2v) is 6.11. The number of hydrogen-bond donors (Lipinski definition) is 2. The monoisotopic (exact) mass is 322 g/mol. The predicted molar refractivity (Wildman–Crippen MR) is 91.9 cm³/mol. The Balaban J connectivity index is 1.75. The first-order chi connectivity index (χ1) is 11.7. The van der Waals surface area contributed by atoms with Crippen molar-refractivity contribution in [2.24, 2.45) is 5.92 Å². The number of rotatable bonds is 3. The van der Waals surface area contributed by atoms with Gasteiger partial charge in [0.05, 0.1) is 5.92 Å². The number of piperidine rings is 1. The number of H-pyrrole nitrogens is 1. The summed E-state index contributed by atoms with van der Waals surface area (Å²) in [5, 5.41) is 9.30. The topological polar surface area (TPSA) is 82.1 Å². The van der Waals surface area contributed by atoms with E-state index in [0.29, 0.717) is 6.54 Å². The van der Waals surface area contributed by atoms with Crippen LogP contribution in [0.5, 0.6) is 0 Å². The number of aliphatic carboxylic acids is 1. The Morgan fingerprint density at radius 3 is 2.88 bits per heavy atom. The summed E-state index contributed by atoms with van der Waals surface area (Å²) in [5.41, 5.74) is 3.85. The fraction of sp³-hybridized carbons (Fsp3) is 0.278. The number of anilines is 1. The van der Waals surface area contributed by atoms with E-state index in [1.165, 1.54) is 0 Å². The third-order valence-corrected chi connectivity index (χ3v) is 4.60. The largest absolute Gasteiger partial charge is 0.481 e. The van der Waals surface area contributed by atoms with Gasteiger partial charge in [0.15, 0.2) is 5.82 Å². The Morgan fingerprint density at radius 2 is 2.08 bits per heavy atom. The lowest BCUT2D eigenvalue weighted by molar-refractivity contribution is -0.141. The number of aromatic nitrogens is 3. The number of carbonyl (C=O) groups is 1. The van der Waals surface area contributed by atoms with E-state index in [9.17, 15) is 9.90 Å². The summed E-state index contributed by atoms with van der Waals surface area (Å²) in [6, 6.07) is 10.1. The molecular weight excluding hydrogens is 304 g/mol. The highest BCUT2D eigenvalue weighted by atomic mass is 16.4. The third kappa shape index (κ3) is 2.50. The molecule has 2 N–H and O–H groups in total. The van der Waals surface area contributed by atoms with Crippen LogP contribution in [-0.4, -0.2) is 39.1 Å². The smallest absolute Gasteiger partial charge is 0.308 e. The number of nitrogens with zero attached hydrogens (tertiary/aromatic N) is 3. The van der Waals surface area contributed by atoms with Crippen LogP contribution in [0.2, 0.25) is 0 Å². The van der Waals surface area contributed by atoms with Crippen molar-refractivity contribution in [3.8, 4) is 11.1 Å². The molecule has 0 saturated carbocycles. The normalized spacial score (nSPS) is 18.0. The summed E-state index contributed by atoms with van der Waals surface area (Å²) in [6.45, 7) is 1.30. The molecule has 6 heteroatoms. The van der Waals surface area contributed by atoms with E-state index in [1.54, 1.807) is 6.33 Å². The van der Waals surface area contributed by atoms with Crippen molar-refractivity contribution < 1.29 is 9.90 Å². The molecule has 2 aromatic heterocycles. The molecule has 6 nitrogen and oxygen atoms in total. The second kappa shape index (κ2) is 5.96. The van der Waals surface area contributed by atoms with E-state index in [1.807, 2.05) is 36.5 Å². The molecule has 0 bridgehead atoms. The van der Waals surface area contributed by atoms with Crippen LogP contribution in [0.25, 0.3) is 22.2 Å². The first kappa shape index (κ1) is 14.7. The number of fused-ring (bicyclic) bond motifs is 1. The Morgan fingerprint density at radius 1 is 1.25 bits per heavy atom. The zero-order chi connectivity index (χ0) is 16.5. The number of carboxylic acids is 1. The van der Waals surface area contributed by atoms with Gasteiger partial charge in [0.1, 0.15) is 17.4 Å². The number of benzene rings is 1. The Kier molecular flexibility index (Phi) is 3.65. The SMILES string of the molecule is O=C(O)C1CCCN(c2ncnc3c(-c4ccccc4)c[nH]c23)C1. The highest BCUT2D eigenvalue weighted by molar-refractivity contribution is 5.97. The molecule has 1 saturated heterocycles. The highest BCUT2D eigenvalue weighted by Gasteiger charge is 2.27. The van der Waals surface area contributed by atoms with Gasteiger partial charge in [0, 0.05) is 24.8 Å². The first-order valence-corrected chi connectivity index (χ1v) is 8.09. The molecule has 4 rings (SSSR count). The zero-order valence-corrected chi connectivity index (χ0v) is 13.1. The molecule has 0 amide bonds. The molecule has 122 valence electrons. The van der Waals surface area contributed by atoms with Crippen molar-refractivity contribution in [2.75, 3.05) is 18.0 Å². The summed E-state index contributed by atoms with van der Waals surface area (Å²) < 4.78 is 0. The number of nitrogens with one attached hydrogen (secondary N) is 1. The van der Waals surface area contributed by atoms with Gasteiger partial charge in [0.25, 0.3) is 0 Å². The molecule has 0 aliphatic carbocycles. The van der Waals surface area contributed by atoms with Gasteiger partial charge in [-0.25, -0.2) is 9.97 Å². The van der Waals surface area contributed by atoms with Crippen LogP contribution in [0.4, 0.5) is 5.82 Å². The number of aromatic amines is 1. The van der Waals surface area contributed by atoms with Gasteiger partial charge in [-0.05, 0) is 18.4 Å². The highest BCUT2D eigenvalue weighted by Crippen LogP contribution is 2.32. The molecule has 24 heavy (non-hydrogen) atoms. The lowest BCUT2D eigenvalue weighted by Crippen LogP contribution is -2.39. The summed E-state index contributed by atoms with van der Waals surface area (Å²) in [4.78, 5) is 25.5. The maximum atomic E-state index is 11.3. The minimum absolute atomic E-state index is 0.340. The molecule has 3 aromatic rings. The van der Waals surface area contributed by atoms with Crippen LogP contribution in [0.1, 0.15) is 12.8 Å². The van der Waals surface area contributed by atoms with Crippen LogP contribution in [-0.2, 0) is 4.79 Å². The predicted octanol–water partition coefficient (Wildman–Crippen LogP) is 2.93. The molecule has 0 radical (unpaired) electrons. The standard InChI is InChI=1S/C18H18N4O2/c23-18(24)13-7-4-8-22(10-13)17-16-15(20-11-21-17)14(9-19-16)12-5-2-1-3-6-12/h1-3,5-6,9,11,13,19H,4,7-8,10H2,(H,23,24). The Labute approximate surface area is 139 Å². The number of hydrogen-bond acceptors (Lipinski definition) is 4. The van der Waals surface area contributed by atoms with E-state index in [2.05, 4.69) is 19.9 Å². The molecular formula is C18H18N4O2. The zero-order valence-electron chi connectivity index (χ0n) is 13.1. The quantitative estimate of drug-likeness (QED) is 0.775. The van der Waals surface area contributed by atoms with Crippen LogP contribution in [0.15, 0.2) is 42.9 Å². The average molecular weight is 322 g/mol. The van der Waals surface area contributed by atoms with Crippen molar-refractivity contribution in [3.05, 3.63) is 42.9 Å². The summed E-state index contributed by atoms with van der Waals surface area (Å²) >= 11 is 0. The first-order valence-electron chi connectivity index (χ1n) is 8.09. The third-order valence-electron chi connectivity index (χ3n) is 4.60. The van der Waals surface area contributed by atoms with Crippen molar-refractivity contribution in [3.63, 3.8) is 0 Å². The van der Waals surface area contributed by atoms with Crippen molar-refractivity contribution in [1.82, 2.24) is 15.0 Å². The second-order valence-electron chi connectivity index (χ2n) is 6.11. The lowest BCUT2D eigenvalue weighted by atomic mass is 9.98. The van der Waals surface area contributed by atoms with E-state index < -0.39 is 5.97 Å². The lowest BCUT2D eigenvalue weighted by Gasteiger charge is -2.31. The fourth-order valence-electron chi connectivity index (χ4n) is 3.37. The minimum Gasteiger partial charge on any atom is -0.481 e. The van der Waals surface area contributed by atoms with E-state index in [0.717, 1.165) is 47.4 Å². The van der Waals surface area contributed by atoms with E-state index >= 15 is 0 Å². The van der Waals surface area contributed by atoms with Gasteiger partial charge in [-0.1, -0.05) is 30.3 Å². The molecule has 0 spiro atoms. The summed E-state index contributed by atoms with van der Waals surface area (Å²) in [5.74, 6) is -0.290. The van der Waals surface area contributed by atoms with Gasteiger partial charge in [0.2, 0.25) is 0 Å². The van der Waals surface area contributed by atoms with Crippen molar-refractivity contribution in [1.29, 1.82) is 0 Å². The van der Waals surface area contributed by atoms with Crippen LogP contribution < -0.4 is 4.90 Å². The molecule has 1 atom stereocenters. The average Bonchev–Trinajstić information content (AvgIpc) is 3.06. The van der Waals surface area contributed by atoms with E-state index in [-0.39, 0.29) is 5.92 Å². The Bertz CT molecular complexity index is 875. The maximum Gasteiger partial charge on any atom is 0.308 e. The van der Waals surface area contributed by atoms with Gasteiger partial charge in [-0.3, -0.25) is 4.79 Å². The van der Waals surface area contributed by atoms with Gasteiger partial charge in [-0.15, -0.1) is 0 Å². The minimum atomic E-state index is -0.735. The van der Waals surface area contributed by atoms with Crippen LogP contribution in [0, 0.1) is 5.92 Å². The van der Waals surface area contributed by atoms with Crippen LogP contribution >= 0.6 is 0 Å². The van der Waals surface area contributed by atoms with Crippen molar-refractivity contribution >= 4 is 22.8 Å². The summed E-state index contributed by atoms with van der Waals surface area (Å²) in [7, 11) is 0. The van der Waals surface area contributed by atoms with Gasteiger partial charge < -0.3 is 15.0 Å². The van der Waals surface area contributed by atoms with Gasteiger partial charge >= 0.3 is 5.97 Å². The molecule has 3 heterocycles. The Hall–Kier alpha value is -2.89. The van der Waals surface area contributed by atoms with Crippen molar-refractivity contribution in [2.45, 2.75) is 12.8 Å².